The maximum atomic E-state index is 13.6. The predicted molar refractivity (Wildman–Crippen MR) is 50.7 cm³/mol. The van der Waals surface area contributed by atoms with Gasteiger partial charge in [-0.1, -0.05) is 5.10 Å². The average Bonchev–Trinajstić information content (AvgIpc) is 2.67. The Hall–Kier alpha value is -2.58. The summed E-state index contributed by atoms with van der Waals surface area (Å²) in [7, 11) is 0. The standard InChI is InChI=1S/C8H4F2N4O3/c9-3-1-4(7-12-13-8(11)17-7)6(10)5(2-3)14(15)16/h1-2H,(H2,11,13). The van der Waals surface area contributed by atoms with Crippen LogP contribution in [0.4, 0.5) is 20.5 Å². The third-order valence-electron chi connectivity index (χ3n) is 1.89. The lowest BCUT2D eigenvalue weighted by atomic mass is 10.2. The molecule has 0 radical (unpaired) electrons. The Morgan fingerprint density at radius 3 is 2.59 bits per heavy atom. The summed E-state index contributed by atoms with van der Waals surface area (Å²) in [5.74, 6) is -2.69. The van der Waals surface area contributed by atoms with Crippen molar-refractivity contribution in [3.05, 3.63) is 33.9 Å². The average molecular weight is 242 g/mol. The number of nitrogen functional groups attached to an aromatic ring is 1. The summed E-state index contributed by atoms with van der Waals surface area (Å²) in [4.78, 5) is 9.42. The summed E-state index contributed by atoms with van der Waals surface area (Å²) >= 11 is 0. The van der Waals surface area contributed by atoms with Crippen LogP contribution in [-0.2, 0) is 0 Å². The molecule has 88 valence electrons. The number of hydrogen-bond acceptors (Lipinski definition) is 6. The van der Waals surface area contributed by atoms with E-state index in [9.17, 15) is 18.9 Å². The lowest BCUT2D eigenvalue weighted by Crippen LogP contribution is -1.97. The van der Waals surface area contributed by atoms with E-state index in [4.69, 9.17) is 5.73 Å². The van der Waals surface area contributed by atoms with Gasteiger partial charge in [-0.15, -0.1) is 5.10 Å². The number of benzene rings is 1. The zero-order valence-electron chi connectivity index (χ0n) is 8.05. The third-order valence-corrected chi connectivity index (χ3v) is 1.89. The number of halogens is 2. The Balaban J connectivity index is 2.66. The van der Waals surface area contributed by atoms with Gasteiger partial charge in [0.05, 0.1) is 16.6 Å². The molecule has 0 aliphatic heterocycles. The van der Waals surface area contributed by atoms with E-state index in [1.165, 1.54) is 0 Å². The summed E-state index contributed by atoms with van der Waals surface area (Å²) in [6, 6.07) is 0.805. The van der Waals surface area contributed by atoms with E-state index in [0.29, 0.717) is 12.1 Å². The number of nitrogens with two attached hydrogens (primary N) is 1. The van der Waals surface area contributed by atoms with E-state index in [1.807, 2.05) is 0 Å². The van der Waals surface area contributed by atoms with Crippen LogP contribution in [0.2, 0.25) is 0 Å². The van der Waals surface area contributed by atoms with Gasteiger partial charge in [0.2, 0.25) is 5.82 Å². The first-order chi connectivity index (χ1) is 7.99. The largest absolute Gasteiger partial charge is 0.403 e. The van der Waals surface area contributed by atoms with Crippen LogP contribution >= 0.6 is 0 Å². The maximum absolute atomic E-state index is 13.6. The van der Waals surface area contributed by atoms with Crippen molar-refractivity contribution in [1.82, 2.24) is 10.2 Å². The van der Waals surface area contributed by atoms with E-state index in [2.05, 4.69) is 14.6 Å². The summed E-state index contributed by atoms with van der Waals surface area (Å²) in [5.41, 5.74) is 3.58. The van der Waals surface area contributed by atoms with Gasteiger partial charge in [-0.05, 0) is 6.07 Å². The smallest absolute Gasteiger partial charge is 0.313 e. The molecule has 0 unspecified atom stereocenters. The van der Waals surface area contributed by atoms with E-state index >= 15 is 0 Å². The van der Waals surface area contributed by atoms with Gasteiger partial charge in [0.15, 0.2) is 0 Å². The summed E-state index contributed by atoms with van der Waals surface area (Å²) in [6.07, 6.45) is 0. The quantitative estimate of drug-likeness (QED) is 0.631. The van der Waals surface area contributed by atoms with Crippen LogP contribution < -0.4 is 5.73 Å². The number of nitrogens with zero attached hydrogens (tertiary/aromatic N) is 3. The van der Waals surface area contributed by atoms with E-state index < -0.39 is 33.7 Å². The predicted octanol–water partition coefficient (Wildman–Crippen LogP) is 1.51. The number of nitro benzene ring substituents is 1. The molecule has 0 spiro atoms. The first kappa shape index (κ1) is 10.9. The van der Waals surface area contributed by atoms with Crippen molar-refractivity contribution in [3.8, 4) is 11.5 Å². The van der Waals surface area contributed by atoms with Crippen molar-refractivity contribution in [2.45, 2.75) is 0 Å². The molecule has 2 N–H and O–H groups in total. The van der Waals surface area contributed by atoms with Crippen LogP contribution in [0.15, 0.2) is 16.5 Å². The maximum Gasteiger partial charge on any atom is 0.313 e. The first-order valence-corrected chi connectivity index (χ1v) is 4.22. The zero-order valence-corrected chi connectivity index (χ0v) is 8.05. The molecular formula is C8H4F2N4O3. The third kappa shape index (κ3) is 1.89. The second-order valence-corrected chi connectivity index (χ2v) is 2.99. The van der Waals surface area contributed by atoms with Gasteiger partial charge < -0.3 is 10.2 Å². The van der Waals surface area contributed by atoms with Crippen molar-refractivity contribution in [2.24, 2.45) is 0 Å². The molecular weight excluding hydrogens is 238 g/mol. The normalized spacial score (nSPS) is 10.5. The molecule has 0 fully saturated rings. The molecule has 2 aromatic rings. The van der Waals surface area contributed by atoms with Crippen LogP contribution in [0.3, 0.4) is 0 Å². The van der Waals surface area contributed by atoms with Crippen molar-refractivity contribution in [1.29, 1.82) is 0 Å². The van der Waals surface area contributed by atoms with Gasteiger partial charge in [0.1, 0.15) is 5.82 Å². The highest BCUT2D eigenvalue weighted by molar-refractivity contribution is 5.59. The van der Waals surface area contributed by atoms with E-state index in [-0.39, 0.29) is 6.01 Å². The monoisotopic (exact) mass is 242 g/mol. The minimum absolute atomic E-state index is 0.355. The van der Waals surface area contributed by atoms with Crippen LogP contribution in [0.5, 0.6) is 0 Å². The van der Waals surface area contributed by atoms with E-state index in [0.717, 1.165) is 0 Å². The molecule has 2 rings (SSSR count). The van der Waals surface area contributed by atoms with Crippen molar-refractivity contribution < 1.29 is 18.1 Å². The molecule has 7 nitrogen and oxygen atoms in total. The lowest BCUT2D eigenvalue weighted by molar-refractivity contribution is -0.387. The topological polar surface area (TPSA) is 108 Å². The van der Waals surface area contributed by atoms with Crippen LogP contribution in [0, 0.1) is 21.7 Å². The Morgan fingerprint density at radius 2 is 2.06 bits per heavy atom. The highest BCUT2D eigenvalue weighted by atomic mass is 19.1. The number of anilines is 1. The fourth-order valence-electron chi connectivity index (χ4n) is 1.21. The number of nitro groups is 1. The number of hydrogen-bond donors (Lipinski definition) is 1. The molecule has 0 aliphatic carbocycles. The Morgan fingerprint density at radius 1 is 1.35 bits per heavy atom. The Bertz CT molecular complexity index is 598. The summed E-state index contributed by atoms with van der Waals surface area (Å²) in [6.45, 7) is 0. The van der Waals surface area contributed by atoms with Gasteiger partial charge in [-0.25, -0.2) is 4.39 Å². The van der Waals surface area contributed by atoms with Crippen molar-refractivity contribution in [3.63, 3.8) is 0 Å². The molecule has 9 heteroatoms. The van der Waals surface area contributed by atoms with Gasteiger partial charge in [0, 0.05) is 0 Å². The molecule has 0 amide bonds. The van der Waals surface area contributed by atoms with Gasteiger partial charge in [-0.3, -0.25) is 10.1 Å². The summed E-state index contributed by atoms with van der Waals surface area (Å²) < 4.78 is 31.4. The molecule has 1 heterocycles. The number of rotatable bonds is 2. The minimum atomic E-state index is -1.26. The van der Waals surface area contributed by atoms with E-state index in [1.54, 1.807) is 0 Å². The van der Waals surface area contributed by atoms with Crippen molar-refractivity contribution in [2.75, 3.05) is 5.73 Å². The Labute approximate surface area is 92.0 Å². The summed E-state index contributed by atoms with van der Waals surface area (Å²) in [5, 5.41) is 17.0. The van der Waals surface area contributed by atoms with Gasteiger partial charge in [-0.2, -0.15) is 4.39 Å². The highest BCUT2D eigenvalue weighted by Crippen LogP contribution is 2.29. The second-order valence-electron chi connectivity index (χ2n) is 2.99. The number of aromatic nitrogens is 2. The molecule has 1 aromatic heterocycles. The molecule has 0 saturated carbocycles. The molecule has 0 bridgehead atoms. The molecule has 17 heavy (non-hydrogen) atoms. The van der Waals surface area contributed by atoms with Gasteiger partial charge >= 0.3 is 11.7 Å². The first-order valence-electron chi connectivity index (χ1n) is 4.22. The fraction of sp³-hybridized carbons (Fsp3) is 0. The fourth-order valence-corrected chi connectivity index (χ4v) is 1.21. The van der Waals surface area contributed by atoms with Crippen LogP contribution in [-0.4, -0.2) is 15.1 Å². The molecule has 0 saturated heterocycles. The second kappa shape index (κ2) is 3.77. The van der Waals surface area contributed by atoms with Gasteiger partial charge in [0.25, 0.3) is 5.89 Å². The van der Waals surface area contributed by atoms with Crippen molar-refractivity contribution >= 4 is 11.7 Å². The van der Waals surface area contributed by atoms with Crippen LogP contribution in [0.1, 0.15) is 0 Å². The molecule has 1 aromatic carbocycles. The molecule has 0 aliphatic rings. The SMILES string of the molecule is Nc1nnc(-c2cc(F)cc([N+](=O)[O-])c2F)o1. The highest BCUT2D eigenvalue weighted by Gasteiger charge is 2.23. The molecule has 0 atom stereocenters. The minimum Gasteiger partial charge on any atom is -0.403 e. The van der Waals surface area contributed by atoms with Crippen LogP contribution in [0.25, 0.3) is 11.5 Å². The Kier molecular flexibility index (Phi) is 2.42. The zero-order chi connectivity index (χ0) is 12.6. The lowest BCUT2D eigenvalue weighted by Gasteiger charge is -1.99.